The van der Waals surface area contributed by atoms with Crippen LogP contribution in [0, 0.1) is 6.92 Å². The van der Waals surface area contributed by atoms with Crippen molar-refractivity contribution in [3.63, 3.8) is 0 Å². The first-order valence-electron chi connectivity index (χ1n) is 8.88. The lowest BCUT2D eigenvalue weighted by Crippen LogP contribution is -2.60. The maximum atomic E-state index is 12.6. The van der Waals surface area contributed by atoms with Crippen molar-refractivity contribution in [2.75, 3.05) is 18.4 Å². The Hall–Kier alpha value is -2.28. The largest absolute Gasteiger partial charge is 0.333 e. The topological polar surface area (TPSA) is 81.8 Å². The fraction of sp³-hybridized carbons (Fsp3) is 0.500. The average Bonchev–Trinajstić information content (AvgIpc) is 3.23. The lowest BCUT2D eigenvalue weighted by Gasteiger charge is -2.38. The van der Waals surface area contributed by atoms with E-state index < -0.39 is 6.04 Å². The maximum Gasteiger partial charge on any atom is 0.319 e. The van der Waals surface area contributed by atoms with Gasteiger partial charge in [-0.3, -0.25) is 9.59 Å². The molecule has 1 aromatic rings. The number of hydrogen-bond donors (Lipinski definition) is 2. The highest BCUT2D eigenvalue weighted by Gasteiger charge is 2.51. The Bertz CT molecular complexity index is 754. The van der Waals surface area contributed by atoms with Crippen molar-refractivity contribution < 1.29 is 14.4 Å². The van der Waals surface area contributed by atoms with Crippen LogP contribution >= 0.6 is 11.6 Å². The number of amides is 4. The normalized spacial score (nSPS) is 27.4. The molecule has 3 saturated heterocycles. The van der Waals surface area contributed by atoms with Gasteiger partial charge in [0, 0.05) is 23.8 Å². The molecule has 1 aromatic carbocycles. The fourth-order valence-electron chi connectivity index (χ4n) is 4.16. The van der Waals surface area contributed by atoms with Gasteiger partial charge in [0.05, 0.1) is 6.04 Å². The number of piperazine rings is 1. The van der Waals surface area contributed by atoms with Crippen molar-refractivity contribution >= 4 is 35.1 Å². The lowest BCUT2D eigenvalue weighted by molar-refractivity contribution is -0.156. The van der Waals surface area contributed by atoms with Crippen molar-refractivity contribution in [3.05, 3.63) is 28.8 Å². The summed E-state index contributed by atoms with van der Waals surface area (Å²) in [5.74, 6) is 0.0324. The van der Waals surface area contributed by atoms with Gasteiger partial charge in [-0.05, 0) is 43.9 Å². The second-order valence-corrected chi connectivity index (χ2v) is 7.62. The van der Waals surface area contributed by atoms with Crippen LogP contribution in [0.25, 0.3) is 0 Å². The SMILES string of the molecule is Cc1ccc(Cl)cc1NC(=O)N[C@H]1C[C@H]2C(=O)N3CCC[C@H]3C(=O)N2C1. The van der Waals surface area contributed by atoms with Crippen LogP contribution < -0.4 is 10.6 Å². The van der Waals surface area contributed by atoms with Crippen molar-refractivity contribution in [2.45, 2.75) is 44.3 Å². The minimum absolute atomic E-state index is 0.0162. The Morgan fingerprint density at radius 3 is 2.77 bits per heavy atom. The molecule has 0 unspecified atom stereocenters. The molecular weight excluding hydrogens is 356 g/mol. The zero-order chi connectivity index (χ0) is 18.4. The number of benzene rings is 1. The molecule has 4 amide bonds. The van der Waals surface area contributed by atoms with Gasteiger partial charge < -0.3 is 20.4 Å². The van der Waals surface area contributed by atoms with Crippen molar-refractivity contribution in [1.82, 2.24) is 15.1 Å². The predicted molar refractivity (Wildman–Crippen MR) is 97.0 cm³/mol. The monoisotopic (exact) mass is 376 g/mol. The molecule has 3 aliphatic heterocycles. The van der Waals surface area contributed by atoms with E-state index in [9.17, 15) is 14.4 Å². The van der Waals surface area contributed by atoms with Gasteiger partial charge >= 0.3 is 6.03 Å². The summed E-state index contributed by atoms with van der Waals surface area (Å²) in [5, 5.41) is 6.21. The molecule has 7 nitrogen and oxygen atoms in total. The molecule has 0 bridgehead atoms. The number of aryl methyl sites for hydroxylation is 1. The van der Waals surface area contributed by atoms with Gasteiger partial charge in [-0.25, -0.2) is 4.79 Å². The Morgan fingerprint density at radius 2 is 1.96 bits per heavy atom. The molecule has 4 rings (SSSR count). The second kappa shape index (κ2) is 6.46. The maximum absolute atomic E-state index is 12.6. The first kappa shape index (κ1) is 17.1. The summed E-state index contributed by atoms with van der Waals surface area (Å²) >= 11 is 5.97. The van der Waals surface area contributed by atoms with Crippen LogP contribution in [0.4, 0.5) is 10.5 Å². The zero-order valence-corrected chi connectivity index (χ0v) is 15.3. The first-order valence-corrected chi connectivity index (χ1v) is 9.26. The molecule has 8 heteroatoms. The predicted octanol–water partition coefficient (Wildman–Crippen LogP) is 1.74. The van der Waals surface area contributed by atoms with E-state index in [1.807, 2.05) is 13.0 Å². The number of nitrogens with zero attached hydrogens (tertiary/aromatic N) is 2. The number of hydrogen-bond acceptors (Lipinski definition) is 3. The fourth-order valence-corrected chi connectivity index (χ4v) is 4.33. The third-order valence-corrected chi connectivity index (χ3v) is 5.71. The number of carbonyl (C=O) groups is 3. The van der Waals surface area contributed by atoms with Crippen molar-refractivity contribution in [1.29, 1.82) is 0 Å². The molecule has 3 atom stereocenters. The van der Waals surface area contributed by atoms with Gasteiger partial charge in [-0.2, -0.15) is 0 Å². The van der Waals surface area contributed by atoms with E-state index in [1.54, 1.807) is 21.9 Å². The third kappa shape index (κ3) is 2.90. The molecule has 0 radical (unpaired) electrons. The Kier molecular flexibility index (Phi) is 4.26. The molecule has 3 fully saturated rings. The molecule has 3 aliphatic rings. The minimum atomic E-state index is -0.449. The Morgan fingerprint density at radius 1 is 1.19 bits per heavy atom. The number of carbonyl (C=O) groups excluding carboxylic acids is 3. The van der Waals surface area contributed by atoms with Crippen molar-refractivity contribution in [2.24, 2.45) is 0 Å². The highest BCUT2D eigenvalue weighted by molar-refractivity contribution is 6.31. The van der Waals surface area contributed by atoms with Gasteiger partial charge in [0.25, 0.3) is 0 Å². The van der Waals surface area contributed by atoms with Crippen LogP contribution in [0.5, 0.6) is 0 Å². The summed E-state index contributed by atoms with van der Waals surface area (Å²) in [7, 11) is 0. The number of urea groups is 1. The molecular formula is C18H21ClN4O3. The van der Waals surface area contributed by atoms with E-state index in [-0.39, 0.29) is 29.9 Å². The molecule has 2 N–H and O–H groups in total. The van der Waals surface area contributed by atoms with E-state index >= 15 is 0 Å². The van der Waals surface area contributed by atoms with Crippen LogP contribution in [0.2, 0.25) is 5.02 Å². The van der Waals surface area contributed by atoms with Gasteiger partial charge in [-0.1, -0.05) is 17.7 Å². The summed E-state index contributed by atoms with van der Waals surface area (Å²) < 4.78 is 0. The number of fused-ring (bicyclic) bond motifs is 2. The Balaban J connectivity index is 1.41. The second-order valence-electron chi connectivity index (χ2n) is 7.19. The summed E-state index contributed by atoms with van der Waals surface area (Å²) in [4.78, 5) is 40.9. The standard InChI is InChI=1S/C18H21ClN4O3/c1-10-4-5-11(19)7-13(10)21-18(26)20-12-8-15-17(25)22-6-2-3-14(22)16(24)23(15)9-12/h4-5,7,12,14-15H,2-3,6,8-9H2,1H3,(H2,20,21,26)/t12-,14-,15-/m0/s1. The number of rotatable bonds is 2. The zero-order valence-electron chi connectivity index (χ0n) is 14.5. The molecule has 0 saturated carbocycles. The number of halogens is 1. The van der Waals surface area contributed by atoms with E-state index in [1.165, 1.54) is 0 Å². The minimum Gasteiger partial charge on any atom is -0.333 e. The molecule has 138 valence electrons. The van der Waals surface area contributed by atoms with Gasteiger partial charge in [0.2, 0.25) is 11.8 Å². The number of nitrogens with one attached hydrogen (secondary N) is 2. The van der Waals surface area contributed by atoms with Crippen LogP contribution in [-0.4, -0.2) is 58.9 Å². The lowest BCUT2D eigenvalue weighted by atomic mass is 10.1. The third-order valence-electron chi connectivity index (χ3n) is 5.47. The van der Waals surface area contributed by atoms with Crippen molar-refractivity contribution in [3.8, 4) is 0 Å². The van der Waals surface area contributed by atoms with E-state index in [0.29, 0.717) is 30.2 Å². The molecule has 0 aromatic heterocycles. The summed E-state index contributed by atoms with van der Waals surface area (Å²) in [6.45, 7) is 2.92. The van der Waals surface area contributed by atoms with Crippen LogP contribution in [-0.2, 0) is 9.59 Å². The molecule has 0 spiro atoms. The number of anilines is 1. The first-order chi connectivity index (χ1) is 12.4. The van der Waals surface area contributed by atoms with E-state index in [0.717, 1.165) is 18.4 Å². The quantitative estimate of drug-likeness (QED) is 0.825. The van der Waals surface area contributed by atoms with Crippen LogP contribution in [0.15, 0.2) is 18.2 Å². The summed E-state index contributed by atoms with van der Waals surface area (Å²) in [6.07, 6.45) is 2.07. The molecule has 3 heterocycles. The van der Waals surface area contributed by atoms with E-state index in [4.69, 9.17) is 11.6 Å². The molecule has 0 aliphatic carbocycles. The van der Waals surface area contributed by atoms with Crippen LogP contribution in [0.1, 0.15) is 24.8 Å². The highest BCUT2D eigenvalue weighted by atomic mass is 35.5. The van der Waals surface area contributed by atoms with E-state index in [2.05, 4.69) is 10.6 Å². The smallest absolute Gasteiger partial charge is 0.319 e. The van der Waals surface area contributed by atoms with Crippen LogP contribution in [0.3, 0.4) is 0 Å². The van der Waals surface area contributed by atoms with Gasteiger partial charge in [0.15, 0.2) is 0 Å². The molecule has 26 heavy (non-hydrogen) atoms. The average molecular weight is 377 g/mol. The Labute approximate surface area is 156 Å². The van der Waals surface area contributed by atoms with Gasteiger partial charge in [-0.15, -0.1) is 0 Å². The highest BCUT2D eigenvalue weighted by Crippen LogP contribution is 2.32. The summed E-state index contributed by atoms with van der Waals surface area (Å²) in [6, 6.07) is 3.93. The summed E-state index contributed by atoms with van der Waals surface area (Å²) in [5.41, 5.74) is 1.54. The van der Waals surface area contributed by atoms with Gasteiger partial charge in [0.1, 0.15) is 12.1 Å².